The lowest BCUT2D eigenvalue weighted by atomic mass is 9.82. The van der Waals surface area contributed by atoms with Gasteiger partial charge in [0.2, 0.25) is 0 Å². The lowest BCUT2D eigenvalue weighted by Gasteiger charge is -2.40. The molecule has 10 rings (SSSR count). The molecule has 6 aromatic rings. The van der Waals surface area contributed by atoms with E-state index in [1.165, 1.54) is 16.3 Å². The van der Waals surface area contributed by atoms with Crippen molar-refractivity contribution < 1.29 is 9.47 Å². The number of anilines is 2. The van der Waals surface area contributed by atoms with E-state index >= 15 is 0 Å². The molecule has 284 valence electrons. The maximum Gasteiger partial charge on any atom is 0.129 e. The van der Waals surface area contributed by atoms with Crippen LogP contribution in [0.2, 0.25) is 0 Å². The summed E-state index contributed by atoms with van der Waals surface area (Å²) >= 11 is 0. The first-order chi connectivity index (χ1) is 27.2. The van der Waals surface area contributed by atoms with Crippen LogP contribution in [0.15, 0.2) is 110 Å². The number of fused-ring (bicyclic) bond motifs is 2. The molecule has 2 fully saturated rings. The Kier molecular flexibility index (Phi) is 9.45. The Labute approximate surface area is 328 Å². The second-order valence-corrected chi connectivity index (χ2v) is 16.7. The van der Waals surface area contributed by atoms with E-state index in [1.807, 2.05) is 30.5 Å². The van der Waals surface area contributed by atoms with E-state index in [4.69, 9.17) is 29.4 Å². The van der Waals surface area contributed by atoms with Crippen molar-refractivity contribution in [3.05, 3.63) is 133 Å². The van der Waals surface area contributed by atoms with Gasteiger partial charge in [-0.3, -0.25) is 19.9 Å². The van der Waals surface area contributed by atoms with Gasteiger partial charge in [-0.1, -0.05) is 50.2 Å². The van der Waals surface area contributed by atoms with Gasteiger partial charge in [-0.05, 0) is 74.7 Å². The van der Waals surface area contributed by atoms with Gasteiger partial charge in [0.25, 0.3) is 0 Å². The molecule has 2 aromatic carbocycles. The molecule has 4 aliphatic rings. The monoisotopic (exact) mass is 744 g/mol. The van der Waals surface area contributed by atoms with Crippen molar-refractivity contribution in [2.24, 2.45) is 5.41 Å². The van der Waals surface area contributed by atoms with Crippen molar-refractivity contribution in [3.8, 4) is 0 Å². The normalized spacial score (nSPS) is 19.2. The van der Waals surface area contributed by atoms with Crippen LogP contribution in [0.5, 0.6) is 0 Å². The van der Waals surface area contributed by atoms with Crippen molar-refractivity contribution in [1.29, 1.82) is 0 Å². The molecule has 0 spiro atoms. The number of allylic oxidation sites excluding steroid dienone is 1. The Morgan fingerprint density at radius 1 is 0.607 bits per heavy atom. The van der Waals surface area contributed by atoms with E-state index in [-0.39, 0.29) is 11.0 Å². The molecule has 0 atom stereocenters. The zero-order valence-electron chi connectivity index (χ0n) is 32.6. The molecule has 56 heavy (non-hydrogen) atoms. The first kappa shape index (κ1) is 35.9. The Morgan fingerprint density at radius 3 is 1.66 bits per heavy atom. The number of ether oxygens (including phenoxy) is 2. The number of rotatable bonds is 6. The highest BCUT2D eigenvalue weighted by molar-refractivity contribution is 5.81. The van der Waals surface area contributed by atoms with Crippen LogP contribution in [-0.2, 0) is 9.47 Å². The van der Waals surface area contributed by atoms with Crippen LogP contribution in [0.3, 0.4) is 0 Å². The van der Waals surface area contributed by atoms with Gasteiger partial charge < -0.3 is 19.3 Å². The first-order valence-corrected chi connectivity index (χ1v) is 19.7. The highest BCUT2D eigenvalue weighted by Gasteiger charge is 2.36. The summed E-state index contributed by atoms with van der Waals surface area (Å²) < 4.78 is 11.5. The van der Waals surface area contributed by atoms with Crippen LogP contribution in [0.1, 0.15) is 75.1 Å². The van der Waals surface area contributed by atoms with Crippen molar-refractivity contribution in [2.45, 2.75) is 58.0 Å². The molecule has 10 heteroatoms. The molecule has 0 aliphatic carbocycles. The predicted octanol–water partition coefficient (Wildman–Crippen LogP) is 8.63. The zero-order chi connectivity index (χ0) is 38.3. The fourth-order valence-corrected chi connectivity index (χ4v) is 8.19. The molecule has 4 aromatic heterocycles. The summed E-state index contributed by atoms with van der Waals surface area (Å²) in [5.74, 6) is 2.81. The van der Waals surface area contributed by atoms with Crippen LogP contribution in [0.4, 0.5) is 11.6 Å². The molecule has 4 aliphatic heterocycles. The molecule has 2 saturated heterocycles. The number of aromatic nitrogens is 6. The molecule has 0 amide bonds. The number of benzene rings is 2. The lowest BCUT2D eigenvalue weighted by Crippen LogP contribution is -2.46. The summed E-state index contributed by atoms with van der Waals surface area (Å²) in [7, 11) is 0. The number of pyridine rings is 2. The molecule has 0 unspecified atom stereocenters. The standard InChI is InChI=1S/2C23H24N4O/c1-23(2)13-17(9-12-28-23)21-22(25-11-10-24-21)18-14-27(15-18)20-8-7-16-5-3-4-6-19(16)26-20;1-23(2)11-17(14-28-15-23)21-22(25-10-9-24-21)18-12-27(13-18)20-8-7-16-5-3-4-6-19(16)26-20/h3-8,10-11,13,18H,9,12,14-15H2,1-2H3;3-10,14,18H,11-13,15H2,1-2H3. The molecular formula is C46H48N8O2. The molecule has 0 radical (unpaired) electrons. The fourth-order valence-electron chi connectivity index (χ4n) is 8.19. The van der Waals surface area contributed by atoms with E-state index in [9.17, 15) is 0 Å². The Hall–Kier alpha value is -5.74. The summed E-state index contributed by atoms with van der Waals surface area (Å²) in [6.07, 6.45) is 13.1. The molecule has 8 heterocycles. The first-order valence-electron chi connectivity index (χ1n) is 19.7. The highest BCUT2D eigenvalue weighted by atomic mass is 16.5. The molecule has 0 bridgehead atoms. The van der Waals surface area contributed by atoms with Crippen molar-refractivity contribution in [1.82, 2.24) is 29.9 Å². The van der Waals surface area contributed by atoms with Crippen LogP contribution in [0, 0.1) is 5.41 Å². The van der Waals surface area contributed by atoms with Crippen LogP contribution < -0.4 is 9.80 Å². The fraction of sp³-hybridized carbons (Fsp3) is 0.348. The average Bonchev–Trinajstić information content (AvgIpc) is 3.16. The van der Waals surface area contributed by atoms with Gasteiger partial charge >= 0.3 is 0 Å². The maximum absolute atomic E-state index is 5.83. The second-order valence-electron chi connectivity index (χ2n) is 16.7. The van der Waals surface area contributed by atoms with E-state index in [1.54, 1.807) is 24.8 Å². The van der Waals surface area contributed by atoms with Crippen molar-refractivity contribution in [2.75, 3.05) is 49.2 Å². The van der Waals surface area contributed by atoms with Gasteiger partial charge in [-0.2, -0.15) is 0 Å². The Morgan fingerprint density at radius 2 is 1.12 bits per heavy atom. The van der Waals surface area contributed by atoms with Gasteiger partial charge in [0, 0.05) is 84.6 Å². The van der Waals surface area contributed by atoms with Crippen molar-refractivity contribution in [3.63, 3.8) is 0 Å². The van der Waals surface area contributed by atoms with Crippen LogP contribution in [0.25, 0.3) is 33.0 Å². The second kappa shape index (κ2) is 14.7. The van der Waals surface area contributed by atoms with Gasteiger partial charge in [0.1, 0.15) is 11.6 Å². The molecule has 10 nitrogen and oxygen atoms in total. The summed E-state index contributed by atoms with van der Waals surface area (Å²) in [5.41, 5.74) is 8.57. The lowest BCUT2D eigenvalue weighted by molar-refractivity contribution is 0.0164. The van der Waals surface area contributed by atoms with E-state index < -0.39 is 0 Å². The summed E-state index contributed by atoms with van der Waals surface area (Å²) in [4.78, 5) is 33.0. The number of hydrogen-bond acceptors (Lipinski definition) is 10. The van der Waals surface area contributed by atoms with Gasteiger partial charge in [-0.15, -0.1) is 0 Å². The molecular weight excluding hydrogens is 697 g/mol. The smallest absolute Gasteiger partial charge is 0.129 e. The quantitative estimate of drug-likeness (QED) is 0.165. The number of hydrogen-bond donors (Lipinski definition) is 0. The summed E-state index contributed by atoms with van der Waals surface area (Å²) in [6.45, 7) is 13.8. The minimum absolute atomic E-state index is 0.125. The SMILES string of the molecule is CC1(C)C=C(c2nccnc2C2CN(c3ccc4ccccc4n3)C2)CCO1.CC1(C)COC=C(c2nccnc2C2CN(c3ccc4ccccc4n3)C2)C1. The Bertz CT molecular complexity index is 2450. The number of para-hydroxylation sites is 2. The topological polar surface area (TPSA) is 102 Å². The van der Waals surface area contributed by atoms with Crippen LogP contribution >= 0.6 is 0 Å². The van der Waals surface area contributed by atoms with E-state index in [0.29, 0.717) is 11.8 Å². The predicted molar refractivity (Wildman–Crippen MR) is 222 cm³/mol. The Balaban J connectivity index is 0.000000146. The van der Waals surface area contributed by atoms with E-state index in [2.05, 4.69) is 102 Å². The zero-order valence-corrected chi connectivity index (χ0v) is 32.6. The average molecular weight is 745 g/mol. The van der Waals surface area contributed by atoms with Gasteiger partial charge in [0.05, 0.1) is 58.9 Å². The minimum Gasteiger partial charge on any atom is -0.500 e. The molecule has 0 saturated carbocycles. The minimum atomic E-state index is -0.247. The summed E-state index contributed by atoms with van der Waals surface area (Å²) in [5, 5.41) is 2.35. The van der Waals surface area contributed by atoms with Gasteiger partial charge in [0.15, 0.2) is 0 Å². The van der Waals surface area contributed by atoms with Gasteiger partial charge in [-0.25, -0.2) is 9.97 Å². The highest BCUT2D eigenvalue weighted by Crippen LogP contribution is 2.39. The van der Waals surface area contributed by atoms with Crippen molar-refractivity contribution >= 4 is 44.6 Å². The maximum atomic E-state index is 5.83. The largest absolute Gasteiger partial charge is 0.500 e. The third-order valence-electron chi connectivity index (χ3n) is 11.1. The van der Waals surface area contributed by atoms with Crippen LogP contribution in [-0.4, -0.2) is 74.9 Å². The number of nitrogens with zero attached hydrogens (tertiary/aromatic N) is 8. The third-order valence-corrected chi connectivity index (χ3v) is 11.1. The van der Waals surface area contributed by atoms with E-state index in [0.717, 1.165) is 103 Å². The molecule has 0 N–H and O–H groups in total. The summed E-state index contributed by atoms with van der Waals surface area (Å²) in [6, 6.07) is 25.0. The third kappa shape index (κ3) is 7.45.